The molecule has 1 heterocycles. The molecular weight excluding hydrogens is 466 g/mol. The summed E-state index contributed by atoms with van der Waals surface area (Å²) in [6, 6.07) is 14.1. The van der Waals surface area contributed by atoms with Gasteiger partial charge in [0.2, 0.25) is 11.8 Å². The van der Waals surface area contributed by atoms with Crippen molar-refractivity contribution in [2.45, 2.75) is 71.1 Å². The summed E-state index contributed by atoms with van der Waals surface area (Å²) in [7, 11) is 0. The SMILES string of the molecule is CC(C)(C)c1ccc(-c2nc3cc(NC(=S)NC(=O)CC45CC6CC(CC(C6)C4)C5)ccc3o2)cc1. The second-order valence-corrected chi connectivity index (χ2v) is 13.0. The van der Waals surface area contributed by atoms with Crippen LogP contribution in [0.1, 0.15) is 71.3 Å². The molecule has 1 aromatic heterocycles. The number of thiocarbonyl (C=S) groups is 1. The van der Waals surface area contributed by atoms with Gasteiger partial charge in [0.25, 0.3) is 0 Å². The summed E-state index contributed by atoms with van der Waals surface area (Å²) in [4.78, 5) is 17.6. The third-order valence-corrected chi connectivity index (χ3v) is 8.80. The smallest absolute Gasteiger partial charge is 0.227 e. The molecule has 3 aromatic rings. The van der Waals surface area contributed by atoms with Crippen LogP contribution < -0.4 is 10.6 Å². The zero-order chi connectivity index (χ0) is 25.1. The summed E-state index contributed by atoms with van der Waals surface area (Å²) in [5.41, 5.74) is 4.77. The van der Waals surface area contributed by atoms with Gasteiger partial charge in [0.15, 0.2) is 10.7 Å². The van der Waals surface area contributed by atoms with Crippen LogP contribution in [0.2, 0.25) is 0 Å². The number of oxazole rings is 1. The molecule has 4 aliphatic rings. The molecule has 0 atom stereocenters. The fraction of sp³-hybridized carbons (Fsp3) is 0.500. The molecule has 188 valence electrons. The van der Waals surface area contributed by atoms with Crippen LogP contribution in [0.4, 0.5) is 5.69 Å². The van der Waals surface area contributed by atoms with Crippen LogP contribution in [0.5, 0.6) is 0 Å². The Balaban J connectivity index is 1.10. The topological polar surface area (TPSA) is 67.2 Å². The first-order valence-corrected chi connectivity index (χ1v) is 13.7. The lowest BCUT2D eigenvalue weighted by Gasteiger charge is -2.56. The van der Waals surface area contributed by atoms with Crippen molar-refractivity contribution in [3.8, 4) is 11.5 Å². The highest BCUT2D eigenvalue weighted by Crippen LogP contribution is 2.61. The maximum atomic E-state index is 12.9. The van der Waals surface area contributed by atoms with Crippen molar-refractivity contribution in [2.24, 2.45) is 23.2 Å². The van der Waals surface area contributed by atoms with E-state index in [1.165, 1.54) is 44.1 Å². The molecule has 36 heavy (non-hydrogen) atoms. The fourth-order valence-electron chi connectivity index (χ4n) is 7.42. The molecule has 0 saturated heterocycles. The molecule has 1 amide bonds. The average Bonchev–Trinajstić information content (AvgIpc) is 3.20. The Morgan fingerprint density at radius 1 is 1.03 bits per heavy atom. The van der Waals surface area contributed by atoms with Crippen molar-refractivity contribution in [1.29, 1.82) is 0 Å². The van der Waals surface area contributed by atoms with Crippen molar-refractivity contribution in [2.75, 3.05) is 5.32 Å². The van der Waals surface area contributed by atoms with Crippen molar-refractivity contribution >= 4 is 40.0 Å². The molecule has 6 heteroatoms. The van der Waals surface area contributed by atoms with Gasteiger partial charge in [-0.25, -0.2) is 4.98 Å². The predicted molar refractivity (Wildman–Crippen MR) is 148 cm³/mol. The minimum Gasteiger partial charge on any atom is -0.436 e. The van der Waals surface area contributed by atoms with E-state index in [9.17, 15) is 4.79 Å². The highest BCUT2D eigenvalue weighted by molar-refractivity contribution is 7.80. The number of hydrogen-bond acceptors (Lipinski definition) is 4. The minimum atomic E-state index is 0.0398. The van der Waals surface area contributed by atoms with E-state index in [-0.39, 0.29) is 16.7 Å². The quantitative estimate of drug-likeness (QED) is 0.370. The first-order chi connectivity index (χ1) is 17.1. The number of benzene rings is 2. The lowest BCUT2D eigenvalue weighted by Crippen LogP contribution is -2.48. The molecule has 2 N–H and O–H groups in total. The van der Waals surface area contributed by atoms with E-state index in [1.807, 2.05) is 18.2 Å². The number of nitrogens with zero attached hydrogens (tertiary/aromatic N) is 1. The highest BCUT2D eigenvalue weighted by Gasteiger charge is 2.51. The van der Waals surface area contributed by atoms with Crippen LogP contribution in [-0.2, 0) is 10.2 Å². The van der Waals surface area contributed by atoms with Gasteiger partial charge in [-0.05, 0) is 115 Å². The van der Waals surface area contributed by atoms with Crippen molar-refractivity contribution < 1.29 is 9.21 Å². The summed E-state index contributed by atoms with van der Waals surface area (Å²) in [5.74, 6) is 3.14. The van der Waals surface area contributed by atoms with Crippen molar-refractivity contribution in [1.82, 2.24) is 10.3 Å². The van der Waals surface area contributed by atoms with Gasteiger partial charge in [-0.15, -0.1) is 0 Å². The zero-order valence-corrected chi connectivity index (χ0v) is 22.2. The summed E-state index contributed by atoms with van der Waals surface area (Å²) in [6.45, 7) is 6.60. The molecule has 4 fully saturated rings. The summed E-state index contributed by atoms with van der Waals surface area (Å²) >= 11 is 5.48. The molecule has 5 nitrogen and oxygen atoms in total. The predicted octanol–water partition coefficient (Wildman–Crippen LogP) is 7.21. The fourth-order valence-corrected chi connectivity index (χ4v) is 7.65. The van der Waals surface area contributed by atoms with E-state index >= 15 is 0 Å². The van der Waals surface area contributed by atoms with E-state index in [0.29, 0.717) is 23.0 Å². The summed E-state index contributed by atoms with van der Waals surface area (Å²) in [6.07, 6.45) is 8.40. The van der Waals surface area contributed by atoms with E-state index in [0.717, 1.165) is 34.5 Å². The minimum absolute atomic E-state index is 0.0398. The van der Waals surface area contributed by atoms with Crippen LogP contribution in [0.15, 0.2) is 46.9 Å². The van der Waals surface area contributed by atoms with Gasteiger partial charge < -0.3 is 15.1 Å². The highest BCUT2D eigenvalue weighted by atomic mass is 32.1. The third-order valence-electron chi connectivity index (χ3n) is 8.60. The summed E-state index contributed by atoms with van der Waals surface area (Å²) in [5, 5.41) is 6.44. The Kier molecular flexibility index (Phi) is 5.71. The molecule has 0 aliphatic heterocycles. The third kappa shape index (κ3) is 4.68. The lowest BCUT2D eigenvalue weighted by atomic mass is 9.49. The van der Waals surface area contributed by atoms with Crippen LogP contribution in [0, 0.1) is 23.2 Å². The number of aromatic nitrogens is 1. The Morgan fingerprint density at radius 3 is 2.28 bits per heavy atom. The lowest BCUT2D eigenvalue weighted by molar-refractivity contribution is -0.127. The molecule has 7 rings (SSSR count). The van der Waals surface area contributed by atoms with E-state index in [1.54, 1.807) is 0 Å². The Morgan fingerprint density at radius 2 is 1.67 bits per heavy atom. The molecule has 0 radical (unpaired) electrons. The van der Waals surface area contributed by atoms with E-state index in [4.69, 9.17) is 16.6 Å². The van der Waals surface area contributed by atoms with E-state index in [2.05, 4.69) is 60.7 Å². The maximum Gasteiger partial charge on any atom is 0.227 e. The molecule has 0 unspecified atom stereocenters. The molecule has 2 aromatic carbocycles. The Bertz CT molecular complexity index is 1280. The molecule has 4 bridgehead atoms. The van der Waals surface area contributed by atoms with Crippen LogP contribution in [0.25, 0.3) is 22.6 Å². The largest absolute Gasteiger partial charge is 0.436 e. The van der Waals surface area contributed by atoms with E-state index < -0.39 is 0 Å². The normalized spacial score (nSPS) is 26.8. The first kappa shape index (κ1) is 23.7. The van der Waals surface area contributed by atoms with Crippen LogP contribution >= 0.6 is 12.2 Å². The number of hydrogen-bond donors (Lipinski definition) is 2. The number of carbonyl (C=O) groups excluding carboxylic acids is 1. The molecule has 4 aliphatic carbocycles. The van der Waals surface area contributed by atoms with Gasteiger partial charge in [0.05, 0.1) is 0 Å². The van der Waals surface area contributed by atoms with Crippen LogP contribution in [-0.4, -0.2) is 16.0 Å². The van der Waals surface area contributed by atoms with Gasteiger partial charge in [-0.3, -0.25) is 4.79 Å². The number of carbonyl (C=O) groups is 1. The second kappa shape index (κ2) is 8.69. The van der Waals surface area contributed by atoms with Gasteiger partial charge >= 0.3 is 0 Å². The van der Waals surface area contributed by atoms with Gasteiger partial charge in [-0.1, -0.05) is 32.9 Å². The molecule has 4 saturated carbocycles. The number of anilines is 1. The number of rotatable bonds is 4. The summed E-state index contributed by atoms with van der Waals surface area (Å²) < 4.78 is 6.00. The maximum absolute atomic E-state index is 12.9. The van der Waals surface area contributed by atoms with Gasteiger partial charge in [0.1, 0.15) is 5.52 Å². The first-order valence-electron chi connectivity index (χ1n) is 13.3. The Hall–Kier alpha value is -2.73. The zero-order valence-electron chi connectivity index (χ0n) is 21.4. The number of fused-ring (bicyclic) bond motifs is 1. The number of amides is 1. The average molecular weight is 502 g/mol. The Labute approximate surface area is 218 Å². The van der Waals surface area contributed by atoms with Gasteiger partial charge in [-0.2, -0.15) is 0 Å². The molecule has 0 spiro atoms. The monoisotopic (exact) mass is 501 g/mol. The van der Waals surface area contributed by atoms with Crippen LogP contribution in [0.3, 0.4) is 0 Å². The van der Waals surface area contributed by atoms with Gasteiger partial charge in [0, 0.05) is 17.7 Å². The van der Waals surface area contributed by atoms with Crippen molar-refractivity contribution in [3.05, 3.63) is 48.0 Å². The standard InChI is InChI=1S/C30H35N3O2S/c1-29(2,3)22-6-4-21(5-7-22)27-32-24-13-23(8-9-25(24)35-27)31-28(36)33-26(34)17-30-14-18-10-19(15-30)12-20(11-18)16-30/h4-9,13,18-20H,10-12,14-17H2,1-3H3,(H2,31,33,34,36). The van der Waals surface area contributed by atoms with Crippen molar-refractivity contribution in [3.63, 3.8) is 0 Å². The molecular formula is C30H35N3O2S. The number of nitrogens with one attached hydrogen (secondary N) is 2. The second-order valence-electron chi connectivity index (χ2n) is 12.6.